The molecule has 5 nitrogen and oxygen atoms in total. The van der Waals surface area contributed by atoms with Crippen molar-refractivity contribution >= 4 is 45.7 Å². The van der Waals surface area contributed by atoms with Gasteiger partial charge in [0.25, 0.3) is 0 Å². The van der Waals surface area contributed by atoms with Crippen LogP contribution >= 0.6 is 23.2 Å². The second-order valence-corrected chi connectivity index (χ2v) is 8.75. The van der Waals surface area contributed by atoms with Gasteiger partial charge >= 0.3 is 0 Å². The third-order valence-electron chi connectivity index (χ3n) is 6.01. The van der Waals surface area contributed by atoms with Gasteiger partial charge < -0.3 is 19.0 Å². The van der Waals surface area contributed by atoms with Crippen LogP contribution in [0.3, 0.4) is 0 Å². The number of benzene rings is 2. The average Bonchev–Trinajstić information content (AvgIpc) is 3.20. The predicted octanol–water partition coefficient (Wildman–Crippen LogP) is 5.98. The number of methoxy groups -OCH3 is 1. The van der Waals surface area contributed by atoms with Gasteiger partial charge in [0.2, 0.25) is 5.91 Å². The molecule has 1 aliphatic heterocycles. The molecule has 168 valence electrons. The Bertz CT molecular complexity index is 1180. The molecule has 2 aromatic carbocycles. The fourth-order valence-corrected chi connectivity index (χ4v) is 4.60. The van der Waals surface area contributed by atoms with Gasteiger partial charge in [-0.3, -0.25) is 4.79 Å². The van der Waals surface area contributed by atoms with Crippen LogP contribution < -0.4 is 4.74 Å². The Labute approximate surface area is 198 Å². The Morgan fingerprint density at radius 2 is 1.88 bits per heavy atom. The zero-order chi connectivity index (χ0) is 22.8. The molecule has 32 heavy (non-hydrogen) atoms. The first-order chi connectivity index (χ1) is 15.4. The summed E-state index contributed by atoms with van der Waals surface area (Å²) in [5.74, 6) is 0.673. The summed E-state index contributed by atoms with van der Waals surface area (Å²) in [5.41, 5.74) is 4.05. The van der Waals surface area contributed by atoms with Gasteiger partial charge in [0.1, 0.15) is 11.3 Å². The number of ether oxygens (including phenoxy) is 1. The maximum atomic E-state index is 12.9. The number of rotatable bonds is 5. The molecule has 1 amide bonds. The Hall–Kier alpha value is -2.47. The third-order valence-corrected chi connectivity index (χ3v) is 6.56. The molecule has 0 atom stereocenters. The molecule has 0 N–H and O–H groups in total. The number of furan rings is 1. The van der Waals surface area contributed by atoms with E-state index < -0.39 is 0 Å². The quantitative estimate of drug-likeness (QED) is 0.428. The van der Waals surface area contributed by atoms with E-state index in [1.165, 1.54) is 0 Å². The second kappa shape index (κ2) is 9.57. The highest BCUT2D eigenvalue weighted by Gasteiger charge is 2.20. The van der Waals surface area contributed by atoms with Crippen LogP contribution in [0.4, 0.5) is 0 Å². The zero-order valence-corrected chi connectivity index (χ0v) is 20.0. The zero-order valence-electron chi connectivity index (χ0n) is 18.5. The third kappa shape index (κ3) is 4.51. The van der Waals surface area contributed by atoms with Crippen LogP contribution in [0.15, 0.2) is 47.1 Å². The molecular weight excluding hydrogens is 447 g/mol. The molecule has 1 aliphatic rings. The number of likely N-dealkylation sites (N-methyl/N-ethyl adjacent to an activating group) is 1. The van der Waals surface area contributed by atoms with Gasteiger partial charge in [-0.1, -0.05) is 36.2 Å². The number of carbonyl (C=O) groups is 1. The van der Waals surface area contributed by atoms with Crippen LogP contribution in [-0.4, -0.2) is 55.5 Å². The highest BCUT2D eigenvalue weighted by atomic mass is 35.5. The number of hydrogen-bond acceptors (Lipinski definition) is 4. The van der Waals surface area contributed by atoms with Gasteiger partial charge in [0, 0.05) is 65.4 Å². The molecule has 0 spiro atoms. The van der Waals surface area contributed by atoms with Crippen molar-refractivity contribution in [2.75, 3.05) is 39.8 Å². The lowest BCUT2D eigenvalue weighted by Crippen LogP contribution is -2.48. The first-order valence-corrected chi connectivity index (χ1v) is 11.4. The summed E-state index contributed by atoms with van der Waals surface area (Å²) in [6.45, 7) is 8.39. The number of hydrogen-bond donors (Lipinski definition) is 0. The minimum Gasteiger partial charge on any atom is -0.496 e. The monoisotopic (exact) mass is 472 g/mol. The number of allylic oxidation sites excluding steroid dienone is 1. The molecule has 0 saturated carbocycles. The Balaban J connectivity index is 1.70. The number of fused-ring (bicyclic) bond motifs is 1. The predicted molar refractivity (Wildman–Crippen MR) is 131 cm³/mol. The minimum atomic E-state index is 0.0218. The normalized spacial score (nSPS) is 15.4. The van der Waals surface area contributed by atoms with Gasteiger partial charge in [-0.25, -0.2) is 0 Å². The number of halogens is 2. The smallest absolute Gasteiger partial charge is 0.246 e. The van der Waals surface area contributed by atoms with Crippen LogP contribution in [0, 0.1) is 0 Å². The summed E-state index contributed by atoms with van der Waals surface area (Å²) >= 11 is 12.5. The fourth-order valence-electron chi connectivity index (χ4n) is 4.09. The van der Waals surface area contributed by atoms with E-state index in [0.717, 1.165) is 60.4 Å². The minimum absolute atomic E-state index is 0.0218. The topological polar surface area (TPSA) is 45.9 Å². The van der Waals surface area contributed by atoms with Crippen LogP contribution in [0.2, 0.25) is 10.0 Å². The summed E-state index contributed by atoms with van der Waals surface area (Å²) in [7, 11) is 1.61. The first-order valence-electron chi connectivity index (χ1n) is 10.7. The van der Waals surface area contributed by atoms with Crippen molar-refractivity contribution in [2.24, 2.45) is 0 Å². The Morgan fingerprint density at radius 3 is 2.53 bits per heavy atom. The van der Waals surface area contributed by atoms with Crippen molar-refractivity contribution in [3.63, 3.8) is 0 Å². The molecule has 3 aromatic rings. The molecule has 0 aliphatic carbocycles. The van der Waals surface area contributed by atoms with Gasteiger partial charge in [0.15, 0.2) is 0 Å². The van der Waals surface area contributed by atoms with Crippen molar-refractivity contribution < 1.29 is 13.9 Å². The van der Waals surface area contributed by atoms with Crippen molar-refractivity contribution in [3.05, 3.63) is 58.3 Å². The second-order valence-electron chi connectivity index (χ2n) is 7.91. The van der Waals surface area contributed by atoms with E-state index in [9.17, 15) is 4.79 Å². The molecule has 0 radical (unpaired) electrons. The number of carbonyl (C=O) groups excluding carboxylic acids is 1. The van der Waals surface area contributed by atoms with Gasteiger partial charge in [-0.15, -0.1) is 0 Å². The maximum absolute atomic E-state index is 12.9. The highest BCUT2D eigenvalue weighted by Crippen LogP contribution is 2.40. The van der Waals surface area contributed by atoms with E-state index >= 15 is 0 Å². The maximum Gasteiger partial charge on any atom is 0.246 e. The van der Waals surface area contributed by atoms with E-state index in [1.807, 2.05) is 30.0 Å². The van der Waals surface area contributed by atoms with E-state index in [-0.39, 0.29) is 5.91 Å². The van der Waals surface area contributed by atoms with E-state index in [1.54, 1.807) is 31.6 Å². The van der Waals surface area contributed by atoms with E-state index in [0.29, 0.717) is 21.4 Å². The largest absolute Gasteiger partial charge is 0.496 e. The van der Waals surface area contributed by atoms with Crippen molar-refractivity contribution in [1.29, 1.82) is 0 Å². The summed E-state index contributed by atoms with van der Waals surface area (Å²) in [6, 6.07) is 9.23. The molecule has 7 heteroatoms. The molecule has 0 unspecified atom stereocenters. The lowest BCUT2D eigenvalue weighted by Gasteiger charge is -2.33. The van der Waals surface area contributed by atoms with Crippen LogP contribution in [0.25, 0.3) is 27.7 Å². The number of amides is 1. The van der Waals surface area contributed by atoms with Crippen LogP contribution in [0.5, 0.6) is 5.75 Å². The fraction of sp³-hybridized carbons (Fsp3) is 0.320. The molecule has 2 heterocycles. The standard InChI is InChI=1S/C25H26Cl2N2O3/c1-4-28-7-9-29(10-8-28)25(30)11-16(2)19-13-20-21(15-32-24(20)14-23(19)31-3)18-6-5-17(26)12-22(18)27/h5-6,11-15H,4,7-10H2,1-3H3/b16-11+. The first kappa shape index (κ1) is 22.7. The summed E-state index contributed by atoms with van der Waals surface area (Å²) in [4.78, 5) is 17.1. The Kier molecular flexibility index (Phi) is 6.79. The lowest BCUT2D eigenvalue weighted by atomic mass is 9.99. The van der Waals surface area contributed by atoms with Gasteiger partial charge in [-0.05, 0) is 37.2 Å². The summed E-state index contributed by atoms with van der Waals surface area (Å²) in [5, 5.41) is 2.01. The molecule has 0 bridgehead atoms. The van der Waals surface area contributed by atoms with Crippen molar-refractivity contribution in [1.82, 2.24) is 9.80 Å². The van der Waals surface area contributed by atoms with Gasteiger partial charge in [-0.2, -0.15) is 0 Å². The van der Waals surface area contributed by atoms with Crippen LogP contribution in [-0.2, 0) is 4.79 Å². The van der Waals surface area contributed by atoms with Crippen molar-refractivity contribution in [3.8, 4) is 16.9 Å². The summed E-state index contributed by atoms with van der Waals surface area (Å²) in [6.07, 6.45) is 3.38. The van der Waals surface area contributed by atoms with Gasteiger partial charge in [0.05, 0.1) is 18.4 Å². The number of piperazine rings is 1. The molecular formula is C25H26Cl2N2O3. The molecule has 1 aromatic heterocycles. The Morgan fingerprint density at radius 1 is 1.12 bits per heavy atom. The average molecular weight is 473 g/mol. The summed E-state index contributed by atoms with van der Waals surface area (Å²) < 4.78 is 11.4. The lowest BCUT2D eigenvalue weighted by molar-refractivity contribution is -0.127. The molecule has 1 saturated heterocycles. The molecule has 1 fully saturated rings. The SMILES string of the molecule is CCN1CCN(C(=O)/C=C(\C)c2cc3c(-c4ccc(Cl)cc4Cl)coc3cc2OC)CC1. The molecule has 4 rings (SSSR count). The van der Waals surface area contributed by atoms with E-state index in [2.05, 4.69) is 11.8 Å². The van der Waals surface area contributed by atoms with E-state index in [4.69, 9.17) is 32.4 Å². The van der Waals surface area contributed by atoms with Crippen LogP contribution in [0.1, 0.15) is 19.4 Å². The number of nitrogens with zero attached hydrogens (tertiary/aromatic N) is 2. The van der Waals surface area contributed by atoms with Crippen molar-refractivity contribution in [2.45, 2.75) is 13.8 Å². The highest BCUT2D eigenvalue weighted by molar-refractivity contribution is 6.36.